The predicted molar refractivity (Wildman–Crippen MR) is 112 cm³/mol. The topological polar surface area (TPSA) is 49.7 Å². The van der Waals surface area contributed by atoms with Crippen molar-refractivity contribution in [1.29, 1.82) is 0 Å². The maximum absolute atomic E-state index is 8.87. The predicted octanol–water partition coefficient (Wildman–Crippen LogP) is 5.50. The molecule has 0 aliphatic heterocycles. The molecule has 0 aliphatic carbocycles. The van der Waals surface area contributed by atoms with Crippen LogP contribution in [0.2, 0.25) is 0 Å². The SMILES string of the molecule is CCCCC/C=C/C/C=C/C/C=C/C/C=C/CCCCOC(CO)CO. The molecule has 0 aliphatic rings. The Bertz CT molecular complexity index is 379. The Morgan fingerprint density at radius 2 is 1.12 bits per heavy atom. The number of allylic oxidation sites excluding steroid dienone is 8. The molecule has 0 aromatic rings. The second-order valence-corrected chi connectivity index (χ2v) is 6.44. The van der Waals surface area contributed by atoms with Gasteiger partial charge in [-0.15, -0.1) is 0 Å². The van der Waals surface area contributed by atoms with E-state index in [9.17, 15) is 0 Å². The molecule has 3 nitrogen and oxygen atoms in total. The van der Waals surface area contributed by atoms with Crippen LogP contribution >= 0.6 is 0 Å². The van der Waals surface area contributed by atoms with Gasteiger partial charge >= 0.3 is 0 Å². The second-order valence-electron chi connectivity index (χ2n) is 6.44. The number of aliphatic hydroxyl groups excluding tert-OH is 2. The van der Waals surface area contributed by atoms with Crippen molar-refractivity contribution in [1.82, 2.24) is 0 Å². The summed E-state index contributed by atoms with van der Waals surface area (Å²) in [6.07, 6.45) is 28.7. The lowest BCUT2D eigenvalue weighted by Gasteiger charge is -2.11. The molecular formula is C23H40O3. The van der Waals surface area contributed by atoms with Crippen LogP contribution in [0, 0.1) is 0 Å². The molecule has 3 heteroatoms. The number of hydrogen-bond donors (Lipinski definition) is 2. The van der Waals surface area contributed by atoms with Gasteiger partial charge in [0, 0.05) is 6.61 Å². The summed E-state index contributed by atoms with van der Waals surface area (Å²) in [6.45, 7) is 2.60. The van der Waals surface area contributed by atoms with Crippen molar-refractivity contribution >= 4 is 0 Å². The lowest BCUT2D eigenvalue weighted by atomic mass is 10.2. The van der Waals surface area contributed by atoms with E-state index >= 15 is 0 Å². The number of hydrogen-bond acceptors (Lipinski definition) is 3. The fourth-order valence-corrected chi connectivity index (χ4v) is 2.34. The highest BCUT2D eigenvalue weighted by molar-refractivity contribution is 4.99. The Balaban J connectivity index is 3.41. The summed E-state index contributed by atoms with van der Waals surface area (Å²) in [4.78, 5) is 0. The smallest absolute Gasteiger partial charge is 0.104 e. The van der Waals surface area contributed by atoms with Crippen LogP contribution in [0.4, 0.5) is 0 Å². The molecule has 0 fully saturated rings. The zero-order valence-electron chi connectivity index (χ0n) is 16.7. The summed E-state index contributed by atoms with van der Waals surface area (Å²) in [7, 11) is 0. The molecular weight excluding hydrogens is 324 g/mol. The van der Waals surface area contributed by atoms with E-state index in [1.165, 1.54) is 25.7 Å². The van der Waals surface area contributed by atoms with E-state index in [2.05, 4.69) is 55.5 Å². The van der Waals surface area contributed by atoms with Gasteiger partial charge in [-0.05, 0) is 51.4 Å². The quantitative estimate of drug-likeness (QED) is 0.249. The standard InChI is InChI=1S/C23H40O3/c1-2-3-4-5-6-7-8-9-10-11-12-13-14-15-16-17-18-19-20-26-23(21-24)22-25/h6-7,9-10,12-13,15-16,23-25H,2-5,8,11,14,17-22H2,1H3/b7-6+,10-9+,13-12+,16-15+. The van der Waals surface area contributed by atoms with Gasteiger partial charge in [-0.1, -0.05) is 68.4 Å². The molecule has 0 saturated heterocycles. The summed E-state index contributed by atoms with van der Waals surface area (Å²) in [6, 6.07) is 0. The fraction of sp³-hybridized carbons (Fsp3) is 0.652. The third-order valence-electron chi connectivity index (χ3n) is 3.98. The van der Waals surface area contributed by atoms with Crippen LogP contribution in [0.15, 0.2) is 48.6 Å². The summed E-state index contributed by atoms with van der Waals surface area (Å²) in [5.74, 6) is 0. The van der Waals surface area contributed by atoms with Gasteiger partial charge in [-0.3, -0.25) is 0 Å². The first-order valence-electron chi connectivity index (χ1n) is 10.3. The van der Waals surface area contributed by atoms with Crippen molar-refractivity contribution in [3.05, 3.63) is 48.6 Å². The average Bonchev–Trinajstić information content (AvgIpc) is 2.66. The van der Waals surface area contributed by atoms with E-state index in [4.69, 9.17) is 14.9 Å². The first kappa shape index (κ1) is 24.8. The molecule has 0 aromatic heterocycles. The minimum absolute atomic E-state index is 0.117. The zero-order chi connectivity index (χ0) is 19.1. The van der Waals surface area contributed by atoms with Crippen molar-refractivity contribution in [3.63, 3.8) is 0 Å². The van der Waals surface area contributed by atoms with E-state index in [0.29, 0.717) is 6.61 Å². The Morgan fingerprint density at radius 1 is 0.654 bits per heavy atom. The highest BCUT2D eigenvalue weighted by atomic mass is 16.5. The fourth-order valence-electron chi connectivity index (χ4n) is 2.34. The summed E-state index contributed by atoms with van der Waals surface area (Å²) in [5.41, 5.74) is 0. The van der Waals surface area contributed by atoms with Gasteiger partial charge in [-0.25, -0.2) is 0 Å². The highest BCUT2D eigenvalue weighted by Gasteiger charge is 2.03. The monoisotopic (exact) mass is 364 g/mol. The molecule has 0 bridgehead atoms. The Morgan fingerprint density at radius 3 is 1.58 bits per heavy atom. The minimum atomic E-state index is -0.424. The van der Waals surface area contributed by atoms with Crippen molar-refractivity contribution in [2.75, 3.05) is 19.8 Å². The molecule has 150 valence electrons. The molecule has 0 rings (SSSR count). The lowest BCUT2D eigenvalue weighted by molar-refractivity contribution is -0.0206. The number of aliphatic hydroxyl groups is 2. The number of ether oxygens (including phenoxy) is 1. The number of rotatable bonds is 18. The van der Waals surface area contributed by atoms with Crippen LogP contribution in [-0.2, 0) is 4.74 Å². The van der Waals surface area contributed by atoms with Crippen LogP contribution in [0.5, 0.6) is 0 Å². The summed E-state index contributed by atoms with van der Waals surface area (Å²) in [5, 5.41) is 17.7. The van der Waals surface area contributed by atoms with E-state index in [-0.39, 0.29) is 13.2 Å². The third kappa shape index (κ3) is 19.2. The Kier molecular flexibility index (Phi) is 20.9. The molecule has 0 heterocycles. The van der Waals surface area contributed by atoms with Gasteiger partial charge in [0.2, 0.25) is 0 Å². The van der Waals surface area contributed by atoms with Crippen molar-refractivity contribution in [2.24, 2.45) is 0 Å². The van der Waals surface area contributed by atoms with Gasteiger partial charge in [0.1, 0.15) is 6.10 Å². The number of unbranched alkanes of at least 4 members (excludes halogenated alkanes) is 5. The van der Waals surface area contributed by atoms with Crippen LogP contribution < -0.4 is 0 Å². The zero-order valence-corrected chi connectivity index (χ0v) is 16.7. The lowest BCUT2D eigenvalue weighted by Crippen LogP contribution is -2.22. The molecule has 26 heavy (non-hydrogen) atoms. The molecule has 0 unspecified atom stereocenters. The summed E-state index contributed by atoms with van der Waals surface area (Å²) < 4.78 is 5.32. The molecule has 0 spiro atoms. The van der Waals surface area contributed by atoms with Gasteiger partial charge in [0.05, 0.1) is 13.2 Å². The van der Waals surface area contributed by atoms with Crippen LogP contribution in [0.3, 0.4) is 0 Å². The maximum Gasteiger partial charge on any atom is 0.104 e. The minimum Gasteiger partial charge on any atom is -0.394 e. The largest absolute Gasteiger partial charge is 0.394 e. The average molecular weight is 365 g/mol. The normalized spacial score (nSPS) is 12.8. The summed E-state index contributed by atoms with van der Waals surface area (Å²) >= 11 is 0. The Hall–Kier alpha value is -1.16. The molecule has 0 radical (unpaired) electrons. The van der Waals surface area contributed by atoms with Gasteiger partial charge in [-0.2, -0.15) is 0 Å². The van der Waals surface area contributed by atoms with E-state index in [1.54, 1.807) is 0 Å². The first-order chi connectivity index (χ1) is 12.8. The molecule has 0 aromatic carbocycles. The van der Waals surface area contributed by atoms with Crippen LogP contribution in [0.25, 0.3) is 0 Å². The molecule has 0 amide bonds. The van der Waals surface area contributed by atoms with Crippen molar-refractivity contribution in [2.45, 2.75) is 77.2 Å². The third-order valence-corrected chi connectivity index (χ3v) is 3.98. The van der Waals surface area contributed by atoms with Crippen molar-refractivity contribution in [3.8, 4) is 0 Å². The first-order valence-corrected chi connectivity index (χ1v) is 10.3. The van der Waals surface area contributed by atoms with E-state index in [1.807, 2.05) is 0 Å². The Labute approximate surface area is 161 Å². The van der Waals surface area contributed by atoms with Gasteiger partial charge in [0.15, 0.2) is 0 Å². The highest BCUT2D eigenvalue weighted by Crippen LogP contribution is 2.02. The van der Waals surface area contributed by atoms with Gasteiger partial charge < -0.3 is 14.9 Å². The van der Waals surface area contributed by atoms with E-state index in [0.717, 1.165) is 38.5 Å². The molecule has 0 atom stereocenters. The van der Waals surface area contributed by atoms with Crippen molar-refractivity contribution < 1.29 is 14.9 Å². The molecule has 2 N–H and O–H groups in total. The maximum atomic E-state index is 8.87. The second kappa shape index (κ2) is 21.9. The molecule has 0 saturated carbocycles. The van der Waals surface area contributed by atoms with Crippen LogP contribution in [-0.4, -0.2) is 36.1 Å². The van der Waals surface area contributed by atoms with E-state index < -0.39 is 6.10 Å². The van der Waals surface area contributed by atoms with Crippen LogP contribution in [0.1, 0.15) is 71.1 Å². The van der Waals surface area contributed by atoms with Gasteiger partial charge in [0.25, 0.3) is 0 Å².